The van der Waals surface area contributed by atoms with E-state index in [9.17, 15) is 14.7 Å². The first-order valence-electron chi connectivity index (χ1n) is 8.35. The minimum atomic E-state index is -0.977. The normalized spacial score (nSPS) is 36.3. The van der Waals surface area contributed by atoms with Gasteiger partial charge in [-0.15, -0.1) is 0 Å². The van der Waals surface area contributed by atoms with Crippen molar-refractivity contribution in [1.82, 2.24) is 0 Å². The Hall–Kier alpha value is -1.68. The zero-order valence-corrected chi connectivity index (χ0v) is 14.0. The number of ketones is 1. The minimum absolute atomic E-state index is 0.122. The number of rotatable bonds is 2. The molecular weight excluding hydrogens is 292 g/mol. The first-order chi connectivity index (χ1) is 10.8. The fourth-order valence-corrected chi connectivity index (χ4v) is 4.05. The van der Waals surface area contributed by atoms with Crippen LogP contribution >= 0.6 is 0 Å². The molecule has 2 unspecified atom stereocenters. The van der Waals surface area contributed by atoms with Crippen molar-refractivity contribution in [3.8, 4) is 0 Å². The van der Waals surface area contributed by atoms with Crippen molar-refractivity contribution >= 4 is 11.8 Å². The average molecular weight is 316 g/mol. The van der Waals surface area contributed by atoms with Crippen molar-refractivity contribution < 1.29 is 19.4 Å². The molecule has 0 bridgehead atoms. The predicted molar refractivity (Wildman–Crippen MR) is 86.6 cm³/mol. The highest BCUT2D eigenvalue weighted by atomic mass is 16.5. The number of hydrogen-bond acceptors (Lipinski definition) is 4. The number of hydrogen-bond donors (Lipinski definition) is 1. The SMILES string of the molecule is CCOC(=O)C1=C2C=C3C(=O)CC[C@@]3(C)CCC2(C)C=CC1O. The van der Waals surface area contributed by atoms with Gasteiger partial charge in [0, 0.05) is 17.4 Å². The Kier molecular flexibility index (Phi) is 3.83. The van der Waals surface area contributed by atoms with Crippen LogP contribution in [0.1, 0.15) is 46.5 Å². The number of carbonyl (C=O) groups excluding carboxylic acids is 2. The lowest BCUT2D eigenvalue weighted by molar-refractivity contribution is -0.139. The van der Waals surface area contributed by atoms with Crippen molar-refractivity contribution in [3.05, 3.63) is 34.9 Å². The lowest BCUT2D eigenvalue weighted by Crippen LogP contribution is -2.30. The lowest BCUT2D eigenvalue weighted by atomic mass is 9.71. The van der Waals surface area contributed by atoms with Crippen LogP contribution < -0.4 is 0 Å². The maximum absolute atomic E-state index is 12.4. The topological polar surface area (TPSA) is 63.6 Å². The van der Waals surface area contributed by atoms with Gasteiger partial charge in [0.15, 0.2) is 5.78 Å². The summed E-state index contributed by atoms with van der Waals surface area (Å²) in [6.45, 7) is 6.21. The van der Waals surface area contributed by atoms with Crippen LogP contribution in [-0.4, -0.2) is 29.6 Å². The van der Waals surface area contributed by atoms with Crippen LogP contribution in [0.2, 0.25) is 0 Å². The third-order valence-corrected chi connectivity index (χ3v) is 5.68. The van der Waals surface area contributed by atoms with E-state index in [1.54, 1.807) is 13.0 Å². The van der Waals surface area contributed by atoms with Crippen molar-refractivity contribution in [1.29, 1.82) is 0 Å². The summed E-state index contributed by atoms with van der Waals surface area (Å²) in [5, 5.41) is 10.3. The standard InChI is InChI=1S/C19H24O4/c1-4-23-17(22)16-13-11-12-14(20)5-7-18(12,2)9-10-19(13,3)8-6-15(16)21/h6,8,11,15,21H,4-5,7,9-10H2,1-3H3/t15?,18-,19?/m0/s1. The summed E-state index contributed by atoms with van der Waals surface area (Å²) in [5.74, 6) is -0.326. The molecule has 0 aromatic rings. The summed E-state index contributed by atoms with van der Waals surface area (Å²) >= 11 is 0. The van der Waals surface area contributed by atoms with E-state index in [1.165, 1.54) is 0 Å². The van der Waals surface area contributed by atoms with Crippen molar-refractivity contribution in [2.45, 2.75) is 52.6 Å². The molecule has 0 aromatic heterocycles. The van der Waals surface area contributed by atoms with Crippen LogP contribution in [0, 0.1) is 10.8 Å². The van der Waals surface area contributed by atoms with Crippen LogP contribution in [0.15, 0.2) is 34.9 Å². The lowest BCUT2D eigenvalue weighted by Gasteiger charge is -2.34. The molecule has 1 N–H and O–H groups in total. The van der Waals surface area contributed by atoms with Gasteiger partial charge in [0.1, 0.15) is 6.10 Å². The summed E-state index contributed by atoms with van der Waals surface area (Å²) in [6.07, 6.45) is 7.72. The first-order valence-corrected chi connectivity index (χ1v) is 8.35. The van der Waals surface area contributed by atoms with E-state index in [4.69, 9.17) is 4.74 Å². The number of allylic oxidation sites excluding steroid dienone is 4. The van der Waals surface area contributed by atoms with E-state index in [0.717, 1.165) is 30.4 Å². The summed E-state index contributed by atoms with van der Waals surface area (Å²) in [7, 11) is 0. The minimum Gasteiger partial charge on any atom is -0.463 e. The highest BCUT2D eigenvalue weighted by Crippen LogP contribution is 2.53. The number of aliphatic hydroxyl groups is 1. The van der Waals surface area contributed by atoms with Crippen molar-refractivity contribution in [3.63, 3.8) is 0 Å². The Morgan fingerprint density at radius 1 is 1.35 bits per heavy atom. The van der Waals surface area contributed by atoms with E-state index >= 15 is 0 Å². The van der Waals surface area contributed by atoms with Gasteiger partial charge in [-0.1, -0.05) is 32.1 Å². The van der Waals surface area contributed by atoms with Crippen LogP contribution in [0.3, 0.4) is 0 Å². The zero-order chi connectivity index (χ0) is 16.8. The van der Waals surface area contributed by atoms with E-state index < -0.39 is 12.1 Å². The molecule has 3 rings (SSSR count). The first kappa shape index (κ1) is 16.2. The molecule has 0 aliphatic heterocycles. The Bertz CT molecular complexity index is 654. The van der Waals surface area contributed by atoms with Gasteiger partial charge >= 0.3 is 5.97 Å². The molecule has 3 atom stereocenters. The molecule has 1 fully saturated rings. The fraction of sp³-hybridized carbons (Fsp3) is 0.579. The summed E-state index contributed by atoms with van der Waals surface area (Å²) < 4.78 is 5.15. The van der Waals surface area contributed by atoms with E-state index in [1.807, 2.05) is 12.2 Å². The quantitative estimate of drug-likeness (QED) is 0.628. The number of Topliss-reactive ketones (excluding diaryl/α,β-unsaturated/α-hetero) is 1. The Labute approximate surface area is 136 Å². The van der Waals surface area contributed by atoms with Crippen molar-refractivity contribution in [2.75, 3.05) is 6.61 Å². The van der Waals surface area contributed by atoms with Crippen LogP contribution in [-0.2, 0) is 14.3 Å². The molecule has 1 saturated carbocycles. The molecule has 3 aliphatic rings. The number of ether oxygens (including phenoxy) is 1. The monoisotopic (exact) mass is 316 g/mol. The summed E-state index contributed by atoms with van der Waals surface area (Å²) in [4.78, 5) is 24.7. The van der Waals surface area contributed by atoms with Gasteiger partial charge in [-0.05, 0) is 37.2 Å². The molecule has 0 saturated heterocycles. The maximum atomic E-state index is 12.4. The van der Waals surface area contributed by atoms with Crippen LogP contribution in [0.25, 0.3) is 0 Å². The Morgan fingerprint density at radius 3 is 2.78 bits per heavy atom. The number of carbonyl (C=O) groups is 2. The van der Waals surface area contributed by atoms with Gasteiger partial charge in [-0.25, -0.2) is 4.79 Å². The summed E-state index contributed by atoms with van der Waals surface area (Å²) in [5.41, 5.74) is 1.37. The second-order valence-electron chi connectivity index (χ2n) is 7.31. The highest BCUT2D eigenvalue weighted by Gasteiger charge is 2.46. The molecule has 23 heavy (non-hydrogen) atoms. The number of fused-ring (bicyclic) bond motifs is 2. The second-order valence-corrected chi connectivity index (χ2v) is 7.31. The molecule has 4 heteroatoms. The van der Waals surface area contributed by atoms with E-state index in [2.05, 4.69) is 13.8 Å². The van der Waals surface area contributed by atoms with Gasteiger partial charge in [-0.2, -0.15) is 0 Å². The van der Waals surface area contributed by atoms with E-state index in [-0.39, 0.29) is 28.8 Å². The van der Waals surface area contributed by atoms with Crippen LogP contribution in [0.4, 0.5) is 0 Å². The molecule has 0 heterocycles. The van der Waals surface area contributed by atoms with Crippen molar-refractivity contribution in [2.24, 2.45) is 10.8 Å². The highest BCUT2D eigenvalue weighted by molar-refractivity contribution is 6.00. The fourth-order valence-electron chi connectivity index (χ4n) is 4.05. The predicted octanol–water partition coefficient (Wildman–Crippen LogP) is 2.87. The van der Waals surface area contributed by atoms with Gasteiger partial charge in [0.05, 0.1) is 12.2 Å². The van der Waals surface area contributed by atoms with Crippen LogP contribution in [0.5, 0.6) is 0 Å². The third-order valence-electron chi connectivity index (χ3n) is 5.68. The van der Waals surface area contributed by atoms with Gasteiger partial charge in [0.25, 0.3) is 0 Å². The average Bonchev–Trinajstić information content (AvgIpc) is 2.71. The largest absolute Gasteiger partial charge is 0.463 e. The zero-order valence-electron chi connectivity index (χ0n) is 14.0. The molecule has 0 spiro atoms. The molecule has 0 radical (unpaired) electrons. The Morgan fingerprint density at radius 2 is 2.09 bits per heavy atom. The molecule has 0 aromatic carbocycles. The molecule has 124 valence electrons. The molecule has 4 nitrogen and oxygen atoms in total. The van der Waals surface area contributed by atoms with E-state index in [0.29, 0.717) is 6.42 Å². The third kappa shape index (κ3) is 2.49. The number of esters is 1. The smallest absolute Gasteiger partial charge is 0.337 e. The molecular formula is C19H24O4. The van der Waals surface area contributed by atoms with Gasteiger partial charge in [0.2, 0.25) is 0 Å². The van der Waals surface area contributed by atoms with Gasteiger partial charge < -0.3 is 9.84 Å². The molecule has 3 aliphatic carbocycles. The maximum Gasteiger partial charge on any atom is 0.337 e. The van der Waals surface area contributed by atoms with Gasteiger partial charge in [-0.3, -0.25) is 4.79 Å². The Balaban J connectivity index is 2.20. The summed E-state index contributed by atoms with van der Waals surface area (Å²) in [6, 6.07) is 0. The number of aliphatic hydroxyl groups excluding tert-OH is 1. The molecule has 0 amide bonds. The second kappa shape index (κ2) is 5.45.